The number of nitro groups is 1. The summed E-state index contributed by atoms with van der Waals surface area (Å²) in [4.78, 5) is 32.2. The molecule has 94 valence electrons. The second-order valence-corrected chi connectivity index (χ2v) is 3.12. The van der Waals surface area contributed by atoms with Crippen LogP contribution >= 0.6 is 0 Å². The summed E-state index contributed by atoms with van der Waals surface area (Å²) in [6.45, 7) is 0. The third kappa shape index (κ3) is 3.71. The lowest BCUT2D eigenvalue weighted by Gasteiger charge is -2.02. The average Bonchev–Trinajstić information content (AvgIpc) is 2.36. The first-order valence-electron chi connectivity index (χ1n) is 4.85. The highest BCUT2D eigenvalue weighted by atomic mass is 16.6. The number of carbonyl (C=O) groups is 2. The highest BCUT2D eigenvalue weighted by Crippen LogP contribution is 2.22. The van der Waals surface area contributed by atoms with Gasteiger partial charge in [-0.1, -0.05) is 12.1 Å². The Morgan fingerprint density at radius 3 is 2.61 bits per heavy atom. The number of anilines is 1. The number of esters is 1. The molecule has 0 aliphatic rings. The van der Waals surface area contributed by atoms with Crippen LogP contribution in [0.15, 0.2) is 36.4 Å². The maximum absolute atomic E-state index is 11.4. The minimum atomic E-state index is -0.687. The predicted octanol–water partition coefficient (Wildman–Crippen LogP) is 1.26. The number of nitrogens with zero attached hydrogens (tertiary/aromatic N) is 1. The van der Waals surface area contributed by atoms with E-state index in [1.165, 1.54) is 25.3 Å². The van der Waals surface area contributed by atoms with Gasteiger partial charge in [0.25, 0.3) is 5.69 Å². The number of para-hydroxylation sites is 2. The van der Waals surface area contributed by atoms with Crippen molar-refractivity contribution in [1.82, 2.24) is 0 Å². The summed E-state index contributed by atoms with van der Waals surface area (Å²) in [5, 5.41) is 13.0. The van der Waals surface area contributed by atoms with E-state index in [2.05, 4.69) is 10.1 Å². The highest BCUT2D eigenvalue weighted by molar-refractivity contribution is 6.03. The fourth-order valence-electron chi connectivity index (χ4n) is 1.12. The molecule has 0 aromatic heterocycles. The second-order valence-electron chi connectivity index (χ2n) is 3.12. The van der Waals surface area contributed by atoms with E-state index in [1.54, 1.807) is 6.07 Å². The molecule has 0 unspecified atom stereocenters. The molecule has 1 aromatic rings. The fraction of sp³-hybridized carbons (Fsp3) is 0.0909. The van der Waals surface area contributed by atoms with Gasteiger partial charge < -0.3 is 10.1 Å². The average molecular weight is 250 g/mol. The van der Waals surface area contributed by atoms with Crippen LogP contribution in [0, 0.1) is 10.1 Å². The van der Waals surface area contributed by atoms with Crippen molar-refractivity contribution >= 4 is 23.3 Å². The molecule has 0 saturated heterocycles. The monoisotopic (exact) mass is 250 g/mol. The van der Waals surface area contributed by atoms with Crippen LogP contribution in [0.5, 0.6) is 0 Å². The van der Waals surface area contributed by atoms with E-state index in [-0.39, 0.29) is 11.4 Å². The Labute approximate surface area is 102 Å². The summed E-state index contributed by atoms with van der Waals surface area (Å²) in [5.41, 5.74) is -0.167. The number of benzene rings is 1. The number of rotatable bonds is 4. The van der Waals surface area contributed by atoms with Gasteiger partial charge in [-0.05, 0) is 6.07 Å². The first-order valence-corrected chi connectivity index (χ1v) is 4.85. The molecular formula is C11H10N2O5. The zero-order valence-corrected chi connectivity index (χ0v) is 9.45. The molecule has 7 heteroatoms. The van der Waals surface area contributed by atoms with E-state index >= 15 is 0 Å². The number of hydrogen-bond donors (Lipinski definition) is 1. The number of nitro benzene ring substituents is 1. The molecule has 0 fully saturated rings. The molecule has 1 aromatic carbocycles. The third-order valence-corrected chi connectivity index (χ3v) is 1.93. The van der Waals surface area contributed by atoms with Gasteiger partial charge in [0.1, 0.15) is 5.69 Å². The zero-order valence-electron chi connectivity index (χ0n) is 9.45. The molecule has 0 spiro atoms. The molecule has 0 atom stereocenters. The van der Waals surface area contributed by atoms with Gasteiger partial charge in [-0.2, -0.15) is 0 Å². The van der Waals surface area contributed by atoms with Gasteiger partial charge in [0.15, 0.2) is 0 Å². The summed E-state index contributed by atoms with van der Waals surface area (Å²) in [7, 11) is 1.17. The molecule has 0 aliphatic heterocycles. The quantitative estimate of drug-likeness (QED) is 0.375. The Bertz CT molecular complexity index is 510. The molecule has 7 nitrogen and oxygen atoms in total. The number of methoxy groups -OCH3 is 1. The molecule has 0 saturated carbocycles. The molecule has 1 amide bonds. The standard InChI is InChI=1S/C11H10N2O5/c1-18-11(15)7-6-10(14)12-8-4-2-3-5-9(8)13(16)17/h2-7H,1H3,(H,12,14)/b7-6-. The van der Waals surface area contributed by atoms with Crippen LogP contribution in [0.1, 0.15) is 0 Å². The van der Waals surface area contributed by atoms with Gasteiger partial charge in [0.2, 0.25) is 5.91 Å². The van der Waals surface area contributed by atoms with Gasteiger partial charge >= 0.3 is 5.97 Å². The van der Waals surface area contributed by atoms with Gasteiger partial charge in [0.05, 0.1) is 12.0 Å². The SMILES string of the molecule is COC(=O)/C=C\C(=O)Nc1ccccc1[N+](=O)[O-]. The van der Waals surface area contributed by atoms with Crippen LogP contribution in [0.3, 0.4) is 0 Å². The molecule has 0 aliphatic carbocycles. The first kappa shape index (κ1) is 13.4. The Morgan fingerprint density at radius 2 is 2.00 bits per heavy atom. The number of carbonyl (C=O) groups excluding carboxylic acids is 2. The summed E-state index contributed by atoms with van der Waals surface area (Å²) < 4.78 is 4.30. The van der Waals surface area contributed by atoms with Gasteiger partial charge in [-0.15, -0.1) is 0 Å². The number of nitrogens with one attached hydrogen (secondary N) is 1. The summed E-state index contributed by atoms with van der Waals surface area (Å²) in [6.07, 6.45) is 1.85. The predicted molar refractivity (Wildman–Crippen MR) is 62.9 cm³/mol. The first-order chi connectivity index (χ1) is 8.54. The molecule has 0 heterocycles. The van der Waals surface area contributed by atoms with E-state index in [4.69, 9.17) is 0 Å². The van der Waals surface area contributed by atoms with Crippen molar-refractivity contribution in [3.63, 3.8) is 0 Å². The van der Waals surface area contributed by atoms with Crippen LogP contribution in [-0.4, -0.2) is 23.9 Å². The van der Waals surface area contributed by atoms with E-state index in [1.807, 2.05) is 0 Å². The summed E-state index contributed by atoms with van der Waals surface area (Å²) in [5.74, 6) is -1.34. The largest absolute Gasteiger partial charge is 0.466 e. The molecule has 0 radical (unpaired) electrons. The third-order valence-electron chi connectivity index (χ3n) is 1.93. The molecule has 18 heavy (non-hydrogen) atoms. The molecule has 0 bridgehead atoms. The number of hydrogen-bond acceptors (Lipinski definition) is 5. The van der Waals surface area contributed by atoms with Crippen molar-refractivity contribution in [1.29, 1.82) is 0 Å². The highest BCUT2D eigenvalue weighted by Gasteiger charge is 2.13. The normalized spacial score (nSPS) is 10.1. The van der Waals surface area contributed by atoms with Gasteiger partial charge in [-0.3, -0.25) is 14.9 Å². The van der Waals surface area contributed by atoms with Crippen LogP contribution in [-0.2, 0) is 14.3 Å². The van der Waals surface area contributed by atoms with Gasteiger partial charge in [0, 0.05) is 18.2 Å². The minimum absolute atomic E-state index is 0.0574. The molecule has 1 N–H and O–H groups in total. The maximum atomic E-state index is 11.4. The Morgan fingerprint density at radius 1 is 1.33 bits per heavy atom. The van der Waals surface area contributed by atoms with Crippen molar-refractivity contribution in [2.45, 2.75) is 0 Å². The lowest BCUT2D eigenvalue weighted by atomic mass is 10.2. The lowest BCUT2D eigenvalue weighted by molar-refractivity contribution is -0.383. The van der Waals surface area contributed by atoms with E-state index in [0.717, 1.165) is 12.2 Å². The maximum Gasteiger partial charge on any atom is 0.330 e. The van der Waals surface area contributed by atoms with Crippen molar-refractivity contribution in [2.75, 3.05) is 12.4 Å². The topological polar surface area (TPSA) is 98.5 Å². The van der Waals surface area contributed by atoms with Crippen molar-refractivity contribution in [2.24, 2.45) is 0 Å². The second kappa shape index (κ2) is 6.14. The number of amides is 1. The van der Waals surface area contributed by atoms with Crippen LogP contribution in [0.4, 0.5) is 11.4 Å². The Hall–Kier alpha value is -2.70. The van der Waals surface area contributed by atoms with Crippen molar-refractivity contribution < 1.29 is 19.2 Å². The van der Waals surface area contributed by atoms with Crippen molar-refractivity contribution in [3.05, 3.63) is 46.5 Å². The number of ether oxygens (including phenoxy) is 1. The van der Waals surface area contributed by atoms with Crippen LogP contribution in [0.25, 0.3) is 0 Å². The molecule has 1 rings (SSSR count). The van der Waals surface area contributed by atoms with Gasteiger partial charge in [-0.25, -0.2) is 4.79 Å². The smallest absolute Gasteiger partial charge is 0.330 e. The Balaban J connectivity index is 2.79. The van der Waals surface area contributed by atoms with E-state index in [9.17, 15) is 19.7 Å². The fourth-order valence-corrected chi connectivity index (χ4v) is 1.12. The van der Waals surface area contributed by atoms with Crippen LogP contribution < -0.4 is 5.32 Å². The minimum Gasteiger partial charge on any atom is -0.466 e. The summed E-state index contributed by atoms with van der Waals surface area (Å²) >= 11 is 0. The van der Waals surface area contributed by atoms with E-state index in [0.29, 0.717) is 0 Å². The molecular weight excluding hydrogens is 240 g/mol. The Kier molecular flexibility index (Phi) is 4.56. The summed E-state index contributed by atoms with van der Waals surface area (Å²) in [6, 6.07) is 5.69. The zero-order chi connectivity index (χ0) is 13.5. The van der Waals surface area contributed by atoms with E-state index < -0.39 is 16.8 Å². The lowest BCUT2D eigenvalue weighted by Crippen LogP contribution is -2.10. The van der Waals surface area contributed by atoms with Crippen molar-refractivity contribution in [3.8, 4) is 0 Å². The van der Waals surface area contributed by atoms with Crippen LogP contribution in [0.2, 0.25) is 0 Å².